The summed E-state index contributed by atoms with van der Waals surface area (Å²) in [6.45, 7) is 8.70. The molecule has 3 aromatic carbocycles. The highest BCUT2D eigenvalue weighted by Gasteiger charge is 2.42. The van der Waals surface area contributed by atoms with E-state index in [0.717, 1.165) is 75.7 Å². The predicted octanol–water partition coefficient (Wildman–Crippen LogP) is 5.88. The van der Waals surface area contributed by atoms with E-state index in [1.807, 2.05) is 18.2 Å². The molecule has 37 heavy (non-hydrogen) atoms. The fourth-order valence-electron chi connectivity index (χ4n) is 6.52. The van der Waals surface area contributed by atoms with E-state index < -0.39 is 0 Å². The Hall–Kier alpha value is -2.96. The Balaban J connectivity index is 1.01. The van der Waals surface area contributed by atoms with E-state index in [2.05, 4.69) is 49.9 Å². The van der Waals surface area contributed by atoms with Gasteiger partial charge in [0.1, 0.15) is 11.6 Å². The van der Waals surface area contributed by atoms with Crippen LogP contribution in [0.25, 0.3) is 0 Å². The van der Waals surface area contributed by atoms with E-state index in [4.69, 9.17) is 0 Å². The molecule has 0 radical (unpaired) electrons. The van der Waals surface area contributed by atoms with Crippen LogP contribution in [-0.4, -0.2) is 68.2 Å². The Labute approximate surface area is 219 Å². The maximum absolute atomic E-state index is 14.3. The summed E-state index contributed by atoms with van der Waals surface area (Å²) in [6.07, 6.45) is 3.43. The lowest BCUT2D eigenvalue weighted by molar-refractivity contribution is 0.187. The third-order valence-electron chi connectivity index (χ3n) is 8.44. The van der Waals surface area contributed by atoms with E-state index in [9.17, 15) is 8.78 Å². The van der Waals surface area contributed by atoms with Crippen LogP contribution in [0.2, 0.25) is 0 Å². The fourth-order valence-corrected chi connectivity index (χ4v) is 6.52. The van der Waals surface area contributed by atoms with Gasteiger partial charge in [-0.05, 0) is 92.5 Å². The lowest BCUT2D eigenvalue weighted by Crippen LogP contribution is -2.47. The molecule has 2 fully saturated rings. The van der Waals surface area contributed by atoms with Gasteiger partial charge in [-0.2, -0.15) is 0 Å². The van der Waals surface area contributed by atoms with Gasteiger partial charge in [-0.1, -0.05) is 18.2 Å². The number of fused-ring (bicyclic) bond motifs is 3. The van der Waals surface area contributed by atoms with Gasteiger partial charge in [-0.3, -0.25) is 4.90 Å². The first-order valence-electron chi connectivity index (χ1n) is 13.7. The van der Waals surface area contributed by atoms with E-state index in [1.54, 1.807) is 12.1 Å². The molecule has 0 aliphatic carbocycles. The van der Waals surface area contributed by atoms with Crippen molar-refractivity contribution in [2.45, 2.75) is 31.2 Å². The molecule has 0 aromatic heterocycles. The van der Waals surface area contributed by atoms with E-state index in [1.165, 1.54) is 30.7 Å². The molecule has 6 rings (SSSR count). The Morgan fingerprint density at radius 2 is 1.38 bits per heavy atom. The molecule has 0 bridgehead atoms. The number of para-hydroxylation sites is 1. The number of piperidine rings is 1. The van der Waals surface area contributed by atoms with Crippen molar-refractivity contribution in [3.05, 3.63) is 90.0 Å². The van der Waals surface area contributed by atoms with Crippen molar-refractivity contribution in [2.75, 3.05) is 62.2 Å². The van der Waals surface area contributed by atoms with Crippen molar-refractivity contribution in [3.8, 4) is 0 Å². The summed E-state index contributed by atoms with van der Waals surface area (Å²) >= 11 is 0. The smallest absolute Gasteiger partial charge is 0.123 e. The zero-order valence-corrected chi connectivity index (χ0v) is 21.4. The quantitative estimate of drug-likeness (QED) is 0.374. The normalized spacial score (nSPS) is 22.2. The Morgan fingerprint density at radius 1 is 0.676 bits per heavy atom. The summed E-state index contributed by atoms with van der Waals surface area (Å²) in [5.41, 5.74) is 4.48. The number of likely N-dealkylation sites (tertiary alicyclic amines) is 1. The summed E-state index contributed by atoms with van der Waals surface area (Å²) in [5.74, 6) is -0.134. The van der Waals surface area contributed by atoms with Gasteiger partial charge in [0.25, 0.3) is 0 Å². The molecular formula is C31H36F2N4. The molecule has 3 aromatic rings. The van der Waals surface area contributed by atoms with Crippen LogP contribution in [0.1, 0.15) is 30.7 Å². The van der Waals surface area contributed by atoms with Crippen molar-refractivity contribution in [2.24, 2.45) is 0 Å². The van der Waals surface area contributed by atoms with Crippen molar-refractivity contribution < 1.29 is 8.78 Å². The first-order chi connectivity index (χ1) is 18.2. The zero-order chi connectivity index (χ0) is 25.2. The number of halogens is 2. The number of anilines is 3. The van der Waals surface area contributed by atoms with Gasteiger partial charge in [-0.15, -0.1) is 0 Å². The molecule has 3 heterocycles. The number of hydrogen-bond acceptors (Lipinski definition) is 4. The average Bonchev–Trinajstić information content (AvgIpc) is 3.25. The van der Waals surface area contributed by atoms with Crippen LogP contribution in [0.4, 0.5) is 25.8 Å². The molecule has 194 valence electrons. The second kappa shape index (κ2) is 10.8. The highest BCUT2D eigenvalue weighted by molar-refractivity contribution is 5.73. The largest absolute Gasteiger partial charge is 0.369 e. The Morgan fingerprint density at radius 3 is 2.14 bits per heavy atom. The monoisotopic (exact) mass is 502 g/mol. The second-order valence-electron chi connectivity index (χ2n) is 10.7. The van der Waals surface area contributed by atoms with Crippen LogP contribution < -0.4 is 9.80 Å². The second-order valence-corrected chi connectivity index (χ2v) is 10.7. The molecule has 4 nitrogen and oxygen atoms in total. The molecule has 0 amide bonds. The van der Waals surface area contributed by atoms with Crippen LogP contribution in [0.5, 0.6) is 0 Å². The van der Waals surface area contributed by atoms with Crippen LogP contribution in [-0.2, 0) is 0 Å². The Kier molecular flexibility index (Phi) is 7.12. The molecule has 3 aliphatic rings. The van der Waals surface area contributed by atoms with Crippen LogP contribution in [0.15, 0.2) is 72.8 Å². The molecule has 2 atom stereocenters. The van der Waals surface area contributed by atoms with Gasteiger partial charge >= 0.3 is 0 Å². The van der Waals surface area contributed by atoms with E-state index in [0.29, 0.717) is 6.04 Å². The molecule has 2 unspecified atom stereocenters. The zero-order valence-electron chi connectivity index (χ0n) is 21.4. The number of rotatable bonds is 7. The third kappa shape index (κ3) is 5.23. The predicted molar refractivity (Wildman–Crippen MR) is 147 cm³/mol. The van der Waals surface area contributed by atoms with Gasteiger partial charge in [0.2, 0.25) is 0 Å². The van der Waals surface area contributed by atoms with Crippen LogP contribution >= 0.6 is 0 Å². The first kappa shape index (κ1) is 24.4. The van der Waals surface area contributed by atoms with Crippen molar-refractivity contribution in [1.82, 2.24) is 9.80 Å². The summed E-state index contributed by atoms with van der Waals surface area (Å²) < 4.78 is 27.8. The van der Waals surface area contributed by atoms with E-state index >= 15 is 0 Å². The average molecular weight is 503 g/mol. The van der Waals surface area contributed by atoms with Gasteiger partial charge in [0.05, 0.1) is 0 Å². The van der Waals surface area contributed by atoms with Gasteiger partial charge < -0.3 is 14.7 Å². The van der Waals surface area contributed by atoms with Gasteiger partial charge in [0, 0.05) is 68.3 Å². The highest BCUT2D eigenvalue weighted by atomic mass is 19.1. The minimum atomic E-state index is -0.230. The highest BCUT2D eigenvalue weighted by Crippen LogP contribution is 2.48. The van der Waals surface area contributed by atoms with Gasteiger partial charge in [-0.25, -0.2) is 8.78 Å². The molecule has 3 aliphatic heterocycles. The van der Waals surface area contributed by atoms with Gasteiger partial charge in [0.15, 0.2) is 0 Å². The van der Waals surface area contributed by atoms with E-state index in [-0.39, 0.29) is 17.6 Å². The molecule has 0 spiro atoms. The molecule has 2 saturated heterocycles. The summed E-state index contributed by atoms with van der Waals surface area (Å²) in [6, 6.07) is 22.9. The number of hydrogen-bond donors (Lipinski definition) is 0. The third-order valence-corrected chi connectivity index (χ3v) is 8.44. The van der Waals surface area contributed by atoms with Crippen LogP contribution in [0, 0.1) is 11.6 Å². The topological polar surface area (TPSA) is 13.0 Å². The standard InChI is InChI=1S/C31H36F2N4/c32-24-8-11-27(12-9-24)37-30-13-10-25(33)22-28(30)29-23-35(17-14-31(29)37)16-5-4-15-34-18-20-36(21-19-34)26-6-2-1-3-7-26/h1-3,6-13,22,29,31H,4-5,14-21,23H2. The number of piperazine rings is 1. The fraction of sp³-hybridized carbons (Fsp3) is 0.419. The summed E-state index contributed by atoms with van der Waals surface area (Å²) in [7, 11) is 0. The van der Waals surface area contributed by atoms with Crippen molar-refractivity contribution >= 4 is 17.1 Å². The maximum Gasteiger partial charge on any atom is 0.123 e. The van der Waals surface area contributed by atoms with Crippen molar-refractivity contribution in [1.29, 1.82) is 0 Å². The molecule has 0 saturated carbocycles. The SMILES string of the molecule is Fc1ccc(N2c3ccc(F)cc3C3CN(CCCCN4CCN(c5ccccc5)CC4)CCC32)cc1. The lowest BCUT2D eigenvalue weighted by atomic mass is 9.89. The Bertz CT molecular complexity index is 1180. The summed E-state index contributed by atoms with van der Waals surface area (Å²) in [4.78, 5) is 9.96. The number of unbranched alkanes of at least 4 members (excludes halogenated alkanes) is 1. The molecular weight excluding hydrogens is 466 g/mol. The van der Waals surface area contributed by atoms with Crippen molar-refractivity contribution in [3.63, 3.8) is 0 Å². The first-order valence-corrected chi connectivity index (χ1v) is 13.7. The minimum absolute atomic E-state index is 0.178. The number of nitrogens with zero attached hydrogens (tertiary/aromatic N) is 4. The van der Waals surface area contributed by atoms with Crippen LogP contribution in [0.3, 0.4) is 0 Å². The number of benzene rings is 3. The minimum Gasteiger partial charge on any atom is -0.369 e. The maximum atomic E-state index is 14.3. The molecule has 0 N–H and O–H groups in total. The molecule has 6 heteroatoms. The lowest BCUT2D eigenvalue weighted by Gasteiger charge is -2.39. The summed E-state index contributed by atoms with van der Waals surface area (Å²) in [5, 5.41) is 0.